The summed E-state index contributed by atoms with van der Waals surface area (Å²) in [5, 5.41) is 4.85. The number of nitrogens with one attached hydrogen (secondary N) is 1. The van der Waals surface area contributed by atoms with Gasteiger partial charge in [0.25, 0.3) is 5.91 Å². The molecule has 1 fully saturated rings. The summed E-state index contributed by atoms with van der Waals surface area (Å²) in [6.45, 7) is 7.71. The van der Waals surface area contributed by atoms with E-state index in [1.54, 1.807) is 4.90 Å². The smallest absolute Gasteiger partial charge is 0.410 e. The number of thiophene rings is 1. The molecule has 1 aliphatic rings. The SMILES string of the molecule is CC(C)(C)OC(=O)N1CCCC(CCNC(=O)c2sccc2Br)C1. The molecule has 0 bridgehead atoms. The number of halogens is 1. The van der Waals surface area contributed by atoms with E-state index in [2.05, 4.69) is 21.2 Å². The molecule has 2 heterocycles. The molecule has 2 amide bonds. The first-order chi connectivity index (χ1) is 11.3. The van der Waals surface area contributed by atoms with Crippen LogP contribution in [0.1, 0.15) is 49.7 Å². The number of nitrogens with zero attached hydrogens (tertiary/aromatic N) is 1. The van der Waals surface area contributed by atoms with Crippen LogP contribution in [0.4, 0.5) is 4.79 Å². The van der Waals surface area contributed by atoms with E-state index >= 15 is 0 Å². The third kappa shape index (κ3) is 5.77. The van der Waals surface area contributed by atoms with Crippen LogP contribution in [0.3, 0.4) is 0 Å². The van der Waals surface area contributed by atoms with Crippen LogP contribution < -0.4 is 5.32 Å². The van der Waals surface area contributed by atoms with Gasteiger partial charge in [0.2, 0.25) is 0 Å². The highest BCUT2D eigenvalue weighted by atomic mass is 79.9. The quantitative estimate of drug-likeness (QED) is 0.796. The van der Waals surface area contributed by atoms with Crippen molar-refractivity contribution < 1.29 is 14.3 Å². The Hall–Kier alpha value is -1.08. The minimum atomic E-state index is -0.466. The van der Waals surface area contributed by atoms with Crippen molar-refractivity contribution in [3.8, 4) is 0 Å². The van der Waals surface area contributed by atoms with Crippen LogP contribution in [-0.4, -0.2) is 42.1 Å². The highest BCUT2D eigenvalue weighted by Gasteiger charge is 2.27. The van der Waals surface area contributed by atoms with Crippen molar-refractivity contribution in [3.05, 3.63) is 20.8 Å². The minimum absolute atomic E-state index is 0.0447. The van der Waals surface area contributed by atoms with Crippen molar-refractivity contribution in [2.24, 2.45) is 5.92 Å². The molecule has 1 aromatic heterocycles. The monoisotopic (exact) mass is 416 g/mol. The van der Waals surface area contributed by atoms with Gasteiger partial charge in [0.05, 0.1) is 0 Å². The first-order valence-corrected chi connectivity index (χ1v) is 9.92. The van der Waals surface area contributed by atoms with Crippen molar-refractivity contribution in [1.29, 1.82) is 0 Å². The molecule has 0 radical (unpaired) electrons. The van der Waals surface area contributed by atoms with Gasteiger partial charge in [-0.15, -0.1) is 11.3 Å². The van der Waals surface area contributed by atoms with Crippen LogP contribution in [0.5, 0.6) is 0 Å². The summed E-state index contributed by atoms with van der Waals surface area (Å²) in [7, 11) is 0. The van der Waals surface area contributed by atoms with Crippen molar-refractivity contribution in [3.63, 3.8) is 0 Å². The maximum absolute atomic E-state index is 12.2. The summed E-state index contributed by atoms with van der Waals surface area (Å²) in [5.41, 5.74) is -0.466. The van der Waals surface area contributed by atoms with Gasteiger partial charge >= 0.3 is 6.09 Å². The van der Waals surface area contributed by atoms with Gasteiger partial charge in [-0.2, -0.15) is 0 Å². The van der Waals surface area contributed by atoms with E-state index in [9.17, 15) is 9.59 Å². The third-order valence-electron chi connectivity index (χ3n) is 3.83. The maximum atomic E-state index is 12.2. The Bertz CT molecular complexity index is 583. The Morgan fingerprint density at radius 2 is 2.21 bits per heavy atom. The normalized spacial score (nSPS) is 18.3. The van der Waals surface area contributed by atoms with Crippen molar-refractivity contribution >= 4 is 39.3 Å². The number of hydrogen-bond donors (Lipinski definition) is 1. The van der Waals surface area contributed by atoms with Gasteiger partial charge in [0.1, 0.15) is 10.5 Å². The van der Waals surface area contributed by atoms with Gasteiger partial charge in [-0.25, -0.2) is 4.79 Å². The zero-order chi connectivity index (χ0) is 17.7. The first kappa shape index (κ1) is 19.2. The summed E-state index contributed by atoms with van der Waals surface area (Å²) >= 11 is 4.80. The molecule has 1 saturated heterocycles. The van der Waals surface area contributed by atoms with Crippen molar-refractivity contribution in [2.45, 2.75) is 45.6 Å². The zero-order valence-corrected chi connectivity index (χ0v) is 16.8. The minimum Gasteiger partial charge on any atom is -0.444 e. The topological polar surface area (TPSA) is 58.6 Å². The fraction of sp³-hybridized carbons (Fsp3) is 0.647. The van der Waals surface area contributed by atoms with E-state index in [0.717, 1.165) is 30.3 Å². The largest absolute Gasteiger partial charge is 0.444 e. The fourth-order valence-electron chi connectivity index (χ4n) is 2.72. The predicted octanol–water partition coefficient (Wildman–Crippen LogP) is 4.28. The number of carbonyl (C=O) groups is 2. The Balaban J connectivity index is 1.76. The van der Waals surface area contributed by atoms with Crippen LogP contribution in [-0.2, 0) is 4.74 Å². The van der Waals surface area contributed by atoms with Gasteiger partial charge in [0.15, 0.2) is 0 Å². The predicted molar refractivity (Wildman–Crippen MR) is 99.5 cm³/mol. The van der Waals surface area contributed by atoms with Crippen molar-refractivity contribution in [1.82, 2.24) is 10.2 Å². The molecule has 1 aliphatic heterocycles. The van der Waals surface area contributed by atoms with E-state index in [0.29, 0.717) is 23.9 Å². The van der Waals surface area contributed by atoms with Crippen LogP contribution in [0.25, 0.3) is 0 Å². The lowest BCUT2D eigenvalue weighted by atomic mass is 9.95. The Kier molecular flexibility index (Phi) is 6.69. The van der Waals surface area contributed by atoms with Crippen LogP contribution in [0.15, 0.2) is 15.9 Å². The number of hydrogen-bond acceptors (Lipinski definition) is 4. The standard InChI is InChI=1S/C17H25BrN2O3S/c1-17(2,3)23-16(22)20-9-4-5-12(11-20)6-8-19-15(21)14-13(18)7-10-24-14/h7,10,12H,4-6,8-9,11H2,1-3H3,(H,19,21). The lowest BCUT2D eigenvalue weighted by Gasteiger charge is -2.34. The first-order valence-electron chi connectivity index (χ1n) is 8.25. The maximum Gasteiger partial charge on any atom is 0.410 e. The Labute approximate surface area is 155 Å². The second kappa shape index (κ2) is 8.34. The summed E-state index contributed by atoms with van der Waals surface area (Å²) in [6.07, 6.45) is 2.69. The van der Waals surface area contributed by atoms with Gasteiger partial charge in [-0.3, -0.25) is 4.79 Å². The summed E-state index contributed by atoms with van der Waals surface area (Å²) in [5.74, 6) is 0.357. The summed E-state index contributed by atoms with van der Waals surface area (Å²) in [4.78, 5) is 26.7. The van der Waals surface area contributed by atoms with Gasteiger partial charge in [0, 0.05) is 24.1 Å². The average molecular weight is 417 g/mol. The van der Waals surface area contributed by atoms with E-state index in [1.165, 1.54) is 11.3 Å². The Morgan fingerprint density at radius 3 is 2.83 bits per heavy atom. The lowest BCUT2D eigenvalue weighted by molar-refractivity contribution is 0.0161. The molecular formula is C17H25BrN2O3S. The van der Waals surface area contributed by atoms with Gasteiger partial charge in [-0.1, -0.05) is 0 Å². The highest BCUT2D eigenvalue weighted by molar-refractivity contribution is 9.10. The molecule has 24 heavy (non-hydrogen) atoms. The van der Waals surface area contributed by atoms with E-state index in [1.807, 2.05) is 32.2 Å². The molecule has 134 valence electrons. The fourth-order valence-corrected chi connectivity index (χ4v) is 4.19. The summed E-state index contributed by atoms with van der Waals surface area (Å²) < 4.78 is 6.28. The van der Waals surface area contributed by atoms with Crippen LogP contribution >= 0.6 is 27.3 Å². The molecule has 7 heteroatoms. The third-order valence-corrected chi connectivity index (χ3v) is 5.67. The summed E-state index contributed by atoms with van der Waals surface area (Å²) in [6, 6.07) is 1.87. The van der Waals surface area contributed by atoms with Crippen LogP contribution in [0.2, 0.25) is 0 Å². The number of rotatable bonds is 4. The molecule has 0 aliphatic carbocycles. The number of amides is 2. The van der Waals surface area contributed by atoms with E-state index < -0.39 is 5.60 Å². The number of ether oxygens (including phenoxy) is 1. The molecule has 0 saturated carbocycles. The van der Waals surface area contributed by atoms with Crippen LogP contribution in [0, 0.1) is 5.92 Å². The molecular weight excluding hydrogens is 392 g/mol. The molecule has 2 rings (SSSR count). The van der Waals surface area contributed by atoms with Gasteiger partial charge < -0.3 is 15.0 Å². The van der Waals surface area contributed by atoms with E-state index in [-0.39, 0.29) is 12.0 Å². The Morgan fingerprint density at radius 1 is 1.46 bits per heavy atom. The molecule has 5 nitrogen and oxygen atoms in total. The van der Waals surface area contributed by atoms with Crippen molar-refractivity contribution in [2.75, 3.05) is 19.6 Å². The second-order valence-electron chi connectivity index (χ2n) is 7.08. The number of likely N-dealkylation sites (tertiary alicyclic amines) is 1. The average Bonchev–Trinajstić information content (AvgIpc) is 2.92. The molecule has 0 aromatic carbocycles. The molecule has 0 spiro atoms. The zero-order valence-electron chi connectivity index (χ0n) is 14.4. The second-order valence-corrected chi connectivity index (χ2v) is 8.85. The lowest BCUT2D eigenvalue weighted by Crippen LogP contribution is -2.43. The highest BCUT2D eigenvalue weighted by Crippen LogP contribution is 2.23. The van der Waals surface area contributed by atoms with Gasteiger partial charge in [-0.05, 0) is 73.3 Å². The number of carbonyl (C=O) groups excluding carboxylic acids is 2. The molecule has 1 N–H and O–H groups in total. The molecule has 1 atom stereocenters. The number of piperidine rings is 1. The van der Waals surface area contributed by atoms with E-state index in [4.69, 9.17) is 4.74 Å². The molecule has 1 unspecified atom stereocenters. The molecule has 1 aromatic rings.